The van der Waals surface area contributed by atoms with Crippen LogP contribution in [0.2, 0.25) is 0 Å². The van der Waals surface area contributed by atoms with Crippen LogP contribution < -0.4 is 9.13 Å². The van der Waals surface area contributed by atoms with Gasteiger partial charge in [0, 0.05) is 57.2 Å². The first-order chi connectivity index (χ1) is 17.7. The molecule has 0 bridgehead atoms. The molecule has 5 aromatic rings. The molecule has 0 spiro atoms. The van der Waals surface area contributed by atoms with Gasteiger partial charge in [-0.2, -0.15) is 9.13 Å². The first-order valence-electron chi connectivity index (χ1n) is 12.1. The van der Waals surface area contributed by atoms with E-state index in [1.807, 2.05) is 0 Å². The normalized spacial score (nSPS) is 10.9. The van der Waals surface area contributed by atoms with Gasteiger partial charge in [-0.3, -0.25) is 0 Å². The van der Waals surface area contributed by atoms with Crippen LogP contribution in [0.5, 0.6) is 0 Å². The third-order valence-electron chi connectivity index (χ3n) is 6.35. The van der Waals surface area contributed by atoms with Crippen molar-refractivity contribution in [2.75, 3.05) is 0 Å². The molecule has 178 valence electrons. The van der Waals surface area contributed by atoms with Gasteiger partial charge in [0.2, 0.25) is 11.4 Å². The van der Waals surface area contributed by atoms with Crippen LogP contribution in [0.3, 0.4) is 0 Å². The Labute approximate surface area is 230 Å². The number of aromatic nitrogens is 2. The maximum atomic E-state index is 3.57. The number of alkyl halides is 2. The molecule has 0 aliphatic heterocycles. The van der Waals surface area contributed by atoms with Gasteiger partial charge in [-0.15, -0.1) is 0 Å². The second kappa shape index (κ2) is 11.8. The van der Waals surface area contributed by atoms with Gasteiger partial charge in [0.25, 0.3) is 0 Å². The summed E-state index contributed by atoms with van der Waals surface area (Å²) in [5.74, 6) is 0. The molecule has 0 radical (unpaired) electrons. The van der Waals surface area contributed by atoms with Crippen LogP contribution in [-0.2, 0) is 23.7 Å². The lowest BCUT2D eigenvalue weighted by atomic mass is 10.0. The van der Waals surface area contributed by atoms with Crippen LogP contribution in [0.1, 0.15) is 22.3 Å². The number of halogens is 2. The van der Waals surface area contributed by atoms with Crippen LogP contribution in [0.4, 0.5) is 0 Å². The van der Waals surface area contributed by atoms with Gasteiger partial charge in [-0.1, -0.05) is 68.3 Å². The molecule has 0 aliphatic carbocycles. The summed E-state index contributed by atoms with van der Waals surface area (Å²) in [5, 5.41) is 1.74. The van der Waals surface area contributed by atoms with Gasteiger partial charge in [0.1, 0.15) is 0 Å². The summed E-state index contributed by atoms with van der Waals surface area (Å²) in [7, 11) is 0. The van der Waals surface area contributed by atoms with Crippen molar-refractivity contribution in [2.45, 2.75) is 23.7 Å². The van der Waals surface area contributed by atoms with E-state index in [-0.39, 0.29) is 0 Å². The highest BCUT2D eigenvalue weighted by Crippen LogP contribution is 2.22. The van der Waals surface area contributed by atoms with E-state index in [0.29, 0.717) is 0 Å². The van der Waals surface area contributed by atoms with E-state index in [0.717, 1.165) is 23.7 Å². The largest absolute Gasteiger partial charge is 0.212 e. The van der Waals surface area contributed by atoms with Crippen molar-refractivity contribution >= 4 is 31.9 Å². The zero-order chi connectivity index (χ0) is 24.7. The number of nitrogens with zero attached hydrogens (tertiary/aromatic N) is 2. The number of hydrogen-bond donors (Lipinski definition) is 0. The van der Waals surface area contributed by atoms with Gasteiger partial charge in [0.05, 0.1) is 0 Å². The molecule has 0 aliphatic rings. The standard InChI is InChI=1S/C32H28Br2N2/c33-21-25-7-5-9-27(19-25)23-35-17-3-1-11-31(35)29-13-15-30(16-14-29)32-12-2-4-18-36(32)24-28-10-6-8-26(20-28)22-34/h1-20H,21-24H2/q+2. The minimum absolute atomic E-state index is 0.838. The Bertz CT molecular complexity index is 1350. The minimum Gasteiger partial charge on any atom is -0.194 e. The van der Waals surface area contributed by atoms with Crippen molar-refractivity contribution in [2.24, 2.45) is 0 Å². The van der Waals surface area contributed by atoms with Gasteiger partial charge in [-0.05, 0) is 59.7 Å². The molecule has 0 atom stereocenters. The minimum atomic E-state index is 0.838. The van der Waals surface area contributed by atoms with E-state index in [1.165, 1.54) is 44.8 Å². The average Bonchev–Trinajstić information content (AvgIpc) is 2.94. The number of benzene rings is 3. The molecular formula is C32H28Br2N2+2. The van der Waals surface area contributed by atoms with Gasteiger partial charge in [0.15, 0.2) is 25.5 Å². The predicted molar refractivity (Wildman–Crippen MR) is 154 cm³/mol. The first kappa shape index (κ1) is 24.6. The quantitative estimate of drug-likeness (QED) is 0.129. The van der Waals surface area contributed by atoms with Crippen molar-refractivity contribution in [1.82, 2.24) is 0 Å². The van der Waals surface area contributed by atoms with Crippen LogP contribution >= 0.6 is 31.9 Å². The van der Waals surface area contributed by atoms with E-state index in [9.17, 15) is 0 Å². The maximum absolute atomic E-state index is 3.57. The molecule has 0 saturated heterocycles. The van der Waals surface area contributed by atoms with Gasteiger partial charge >= 0.3 is 0 Å². The van der Waals surface area contributed by atoms with Gasteiger partial charge in [-0.25, -0.2) is 0 Å². The molecule has 36 heavy (non-hydrogen) atoms. The smallest absolute Gasteiger partial charge is 0.194 e. The van der Waals surface area contributed by atoms with E-state index in [2.05, 4.69) is 163 Å². The topological polar surface area (TPSA) is 7.76 Å². The monoisotopic (exact) mass is 598 g/mol. The summed E-state index contributed by atoms with van der Waals surface area (Å²) in [4.78, 5) is 0. The highest BCUT2D eigenvalue weighted by Gasteiger charge is 2.16. The SMILES string of the molecule is BrCc1cccc(C[n+]2ccccc2-c2ccc(-c3cccc[n+]3Cc3cccc(CBr)c3)cc2)c1. The average molecular weight is 600 g/mol. The molecule has 2 heterocycles. The summed E-state index contributed by atoms with van der Waals surface area (Å²) in [5.41, 5.74) is 10.0. The van der Waals surface area contributed by atoms with E-state index in [4.69, 9.17) is 0 Å². The zero-order valence-electron chi connectivity index (χ0n) is 20.0. The lowest BCUT2D eigenvalue weighted by Crippen LogP contribution is -2.36. The molecule has 0 fully saturated rings. The van der Waals surface area contributed by atoms with Crippen LogP contribution in [0, 0.1) is 0 Å². The van der Waals surface area contributed by atoms with E-state index < -0.39 is 0 Å². The fourth-order valence-corrected chi connectivity index (χ4v) is 5.28. The van der Waals surface area contributed by atoms with Crippen molar-refractivity contribution in [1.29, 1.82) is 0 Å². The molecule has 2 nitrogen and oxygen atoms in total. The fraction of sp³-hybridized carbons (Fsp3) is 0.125. The Hall–Kier alpha value is -3.08. The van der Waals surface area contributed by atoms with E-state index in [1.54, 1.807) is 0 Å². The summed E-state index contributed by atoms with van der Waals surface area (Å²) in [6, 6.07) is 39.3. The van der Waals surface area contributed by atoms with Crippen LogP contribution in [0.25, 0.3) is 22.5 Å². The van der Waals surface area contributed by atoms with Crippen molar-refractivity contribution in [3.8, 4) is 22.5 Å². The highest BCUT2D eigenvalue weighted by atomic mass is 79.9. The van der Waals surface area contributed by atoms with Crippen molar-refractivity contribution in [3.63, 3.8) is 0 Å². The second-order valence-corrected chi connectivity index (χ2v) is 10.0. The van der Waals surface area contributed by atoms with Crippen molar-refractivity contribution < 1.29 is 9.13 Å². The van der Waals surface area contributed by atoms with Crippen molar-refractivity contribution in [3.05, 3.63) is 144 Å². The fourth-order valence-electron chi connectivity index (χ4n) is 4.58. The molecule has 3 aromatic carbocycles. The lowest BCUT2D eigenvalue weighted by molar-refractivity contribution is -0.677. The Balaban J connectivity index is 1.42. The number of hydrogen-bond acceptors (Lipinski definition) is 0. The summed E-state index contributed by atoms with van der Waals surface area (Å²) < 4.78 is 4.64. The summed E-state index contributed by atoms with van der Waals surface area (Å²) >= 11 is 7.15. The molecular weight excluding hydrogens is 572 g/mol. The highest BCUT2D eigenvalue weighted by molar-refractivity contribution is 9.08. The molecule has 5 rings (SSSR count). The summed E-state index contributed by atoms with van der Waals surface area (Å²) in [6.45, 7) is 1.68. The third kappa shape index (κ3) is 5.83. The maximum Gasteiger partial charge on any atom is 0.212 e. The number of rotatable bonds is 8. The molecule has 0 N–H and O–H groups in total. The van der Waals surface area contributed by atoms with Crippen LogP contribution in [0.15, 0.2) is 122 Å². The summed E-state index contributed by atoms with van der Waals surface area (Å²) in [6.07, 6.45) is 4.33. The molecule has 0 amide bonds. The molecule has 2 aromatic heterocycles. The Morgan fingerprint density at radius 2 is 0.861 bits per heavy atom. The third-order valence-corrected chi connectivity index (χ3v) is 7.65. The second-order valence-electron chi connectivity index (χ2n) is 8.91. The zero-order valence-corrected chi connectivity index (χ0v) is 23.2. The Morgan fingerprint density at radius 3 is 1.28 bits per heavy atom. The Kier molecular flexibility index (Phi) is 8.04. The Morgan fingerprint density at radius 1 is 0.444 bits per heavy atom. The molecule has 0 unspecified atom stereocenters. The van der Waals surface area contributed by atoms with Gasteiger partial charge < -0.3 is 0 Å². The predicted octanol–water partition coefficient (Wildman–Crippen LogP) is 7.48. The van der Waals surface area contributed by atoms with E-state index >= 15 is 0 Å². The molecule has 0 saturated carbocycles. The van der Waals surface area contributed by atoms with Crippen LogP contribution in [-0.4, -0.2) is 0 Å². The number of pyridine rings is 2. The molecule has 4 heteroatoms. The lowest BCUT2D eigenvalue weighted by Gasteiger charge is -2.08. The first-order valence-corrected chi connectivity index (χ1v) is 14.3.